The van der Waals surface area contributed by atoms with E-state index in [9.17, 15) is 9.18 Å². The topological polar surface area (TPSA) is 35.6 Å². The van der Waals surface area contributed by atoms with Crippen LogP contribution in [0.2, 0.25) is 0 Å². The molecule has 1 fully saturated rings. The highest BCUT2D eigenvalue weighted by Crippen LogP contribution is 2.34. The van der Waals surface area contributed by atoms with Crippen LogP contribution in [0.3, 0.4) is 0 Å². The Hall–Kier alpha value is -2.24. The van der Waals surface area contributed by atoms with Crippen molar-refractivity contribution in [1.29, 1.82) is 0 Å². The van der Waals surface area contributed by atoms with Crippen LogP contribution >= 0.6 is 0 Å². The Morgan fingerprint density at radius 1 is 1.04 bits per heavy atom. The van der Waals surface area contributed by atoms with Crippen molar-refractivity contribution < 1.29 is 9.18 Å². The summed E-state index contributed by atoms with van der Waals surface area (Å²) in [7, 11) is 0. The molecule has 2 aromatic rings. The molecule has 2 aromatic carbocycles. The Morgan fingerprint density at radius 3 is 2.57 bits per heavy atom. The van der Waals surface area contributed by atoms with E-state index in [4.69, 9.17) is 0 Å². The van der Waals surface area contributed by atoms with Crippen LogP contribution in [0.1, 0.15) is 40.4 Å². The second kappa shape index (κ2) is 8.84. The highest BCUT2D eigenvalue weighted by atomic mass is 19.1. The van der Waals surface area contributed by atoms with Crippen molar-refractivity contribution >= 4 is 5.91 Å². The van der Waals surface area contributed by atoms with Gasteiger partial charge in [0.05, 0.1) is 0 Å². The third-order valence-electron chi connectivity index (χ3n) is 6.01. The van der Waals surface area contributed by atoms with Gasteiger partial charge in [0.25, 0.3) is 5.91 Å². The van der Waals surface area contributed by atoms with Crippen molar-refractivity contribution in [3.63, 3.8) is 0 Å². The van der Waals surface area contributed by atoms with E-state index >= 15 is 0 Å². The van der Waals surface area contributed by atoms with Gasteiger partial charge in [-0.1, -0.05) is 24.3 Å². The SMILES string of the molecule is O=C(NCCN1CCN([C@@H]2CCCc3ccccc32)CC1)c1ccc(F)cc1. The van der Waals surface area contributed by atoms with Crippen LogP contribution in [0.25, 0.3) is 0 Å². The molecule has 0 saturated carbocycles. The number of nitrogens with one attached hydrogen (secondary N) is 1. The summed E-state index contributed by atoms with van der Waals surface area (Å²) >= 11 is 0. The molecule has 0 aromatic heterocycles. The van der Waals surface area contributed by atoms with Crippen LogP contribution in [0, 0.1) is 5.82 Å². The molecule has 5 heteroatoms. The van der Waals surface area contributed by atoms with Gasteiger partial charge < -0.3 is 5.32 Å². The molecule has 1 heterocycles. The van der Waals surface area contributed by atoms with Gasteiger partial charge in [0.2, 0.25) is 0 Å². The van der Waals surface area contributed by atoms with Crippen molar-refractivity contribution in [2.45, 2.75) is 25.3 Å². The summed E-state index contributed by atoms with van der Waals surface area (Å²) in [6.07, 6.45) is 3.74. The Bertz CT molecular complexity index is 800. The van der Waals surface area contributed by atoms with Crippen molar-refractivity contribution in [3.05, 3.63) is 71.0 Å². The molecule has 28 heavy (non-hydrogen) atoms. The third-order valence-corrected chi connectivity index (χ3v) is 6.01. The number of carbonyl (C=O) groups is 1. The molecule has 1 amide bonds. The average Bonchev–Trinajstić information content (AvgIpc) is 2.74. The number of amides is 1. The van der Waals surface area contributed by atoms with Crippen LogP contribution < -0.4 is 5.32 Å². The van der Waals surface area contributed by atoms with Crippen molar-refractivity contribution in [1.82, 2.24) is 15.1 Å². The highest BCUT2D eigenvalue weighted by molar-refractivity contribution is 5.94. The minimum absolute atomic E-state index is 0.141. The summed E-state index contributed by atoms with van der Waals surface area (Å²) in [5, 5.41) is 2.94. The van der Waals surface area contributed by atoms with Gasteiger partial charge in [-0.05, 0) is 54.7 Å². The number of halogens is 1. The zero-order valence-electron chi connectivity index (χ0n) is 16.2. The van der Waals surface area contributed by atoms with Gasteiger partial charge in [-0.15, -0.1) is 0 Å². The normalized spacial score (nSPS) is 20.5. The van der Waals surface area contributed by atoms with Gasteiger partial charge in [-0.25, -0.2) is 4.39 Å². The Labute approximate surface area is 166 Å². The number of fused-ring (bicyclic) bond motifs is 1. The smallest absolute Gasteiger partial charge is 0.251 e. The number of hydrogen-bond donors (Lipinski definition) is 1. The first kappa shape index (κ1) is 19.1. The molecule has 0 spiro atoms. The standard InChI is InChI=1S/C23H28FN3O/c24-20-10-8-19(9-11-20)23(28)25-12-13-26-14-16-27(17-15-26)22-7-3-5-18-4-1-2-6-21(18)22/h1-2,4,6,8-11,22H,3,5,7,12-17H2,(H,25,28)/t22-/m1/s1. The average molecular weight is 381 g/mol. The molecule has 1 aliphatic carbocycles. The number of piperazine rings is 1. The second-order valence-electron chi connectivity index (χ2n) is 7.75. The molecule has 0 bridgehead atoms. The molecule has 148 valence electrons. The maximum atomic E-state index is 13.0. The van der Waals surface area contributed by atoms with Gasteiger partial charge in [0, 0.05) is 50.9 Å². The number of nitrogens with zero attached hydrogens (tertiary/aromatic N) is 2. The molecule has 2 aliphatic rings. The van der Waals surface area contributed by atoms with E-state index in [0.717, 1.165) is 32.7 Å². The van der Waals surface area contributed by atoms with Crippen LogP contribution in [-0.4, -0.2) is 55.0 Å². The second-order valence-corrected chi connectivity index (χ2v) is 7.75. The largest absolute Gasteiger partial charge is 0.351 e. The van der Waals surface area contributed by atoms with E-state index in [0.29, 0.717) is 18.2 Å². The lowest BCUT2D eigenvalue weighted by Crippen LogP contribution is -2.49. The zero-order valence-corrected chi connectivity index (χ0v) is 16.2. The first-order chi connectivity index (χ1) is 13.7. The highest BCUT2D eigenvalue weighted by Gasteiger charge is 2.28. The van der Waals surface area contributed by atoms with E-state index in [1.54, 1.807) is 0 Å². The third kappa shape index (κ3) is 4.42. The Balaban J connectivity index is 1.23. The molecular formula is C23H28FN3O. The molecule has 1 atom stereocenters. The first-order valence-corrected chi connectivity index (χ1v) is 10.3. The van der Waals surface area contributed by atoms with Gasteiger partial charge >= 0.3 is 0 Å². The summed E-state index contributed by atoms with van der Waals surface area (Å²) < 4.78 is 13.0. The summed E-state index contributed by atoms with van der Waals surface area (Å²) in [4.78, 5) is 17.2. The maximum Gasteiger partial charge on any atom is 0.251 e. The number of aryl methyl sites for hydroxylation is 1. The number of benzene rings is 2. The van der Waals surface area contributed by atoms with Gasteiger partial charge in [-0.3, -0.25) is 14.6 Å². The molecular weight excluding hydrogens is 353 g/mol. The van der Waals surface area contributed by atoms with Crippen molar-refractivity contribution in [2.75, 3.05) is 39.3 Å². The van der Waals surface area contributed by atoms with Crippen molar-refractivity contribution in [2.24, 2.45) is 0 Å². The lowest BCUT2D eigenvalue weighted by atomic mass is 9.86. The summed E-state index contributed by atoms with van der Waals surface area (Å²) in [5.74, 6) is -0.465. The fourth-order valence-electron chi connectivity index (χ4n) is 4.44. The number of rotatable bonds is 5. The van der Waals surface area contributed by atoms with Crippen LogP contribution in [0.5, 0.6) is 0 Å². The van der Waals surface area contributed by atoms with Crippen LogP contribution in [0.15, 0.2) is 48.5 Å². The molecule has 4 nitrogen and oxygen atoms in total. The van der Waals surface area contributed by atoms with E-state index in [-0.39, 0.29) is 11.7 Å². The fourth-order valence-corrected chi connectivity index (χ4v) is 4.44. The van der Waals surface area contributed by atoms with Gasteiger partial charge in [0.15, 0.2) is 0 Å². The van der Waals surface area contributed by atoms with Gasteiger partial charge in [0.1, 0.15) is 5.82 Å². The molecule has 0 radical (unpaired) electrons. The minimum atomic E-state index is -0.324. The molecule has 4 rings (SSSR count). The van der Waals surface area contributed by atoms with E-state index in [1.807, 2.05) is 0 Å². The fraction of sp³-hybridized carbons (Fsp3) is 0.435. The first-order valence-electron chi connectivity index (χ1n) is 10.3. The van der Waals surface area contributed by atoms with Crippen molar-refractivity contribution in [3.8, 4) is 0 Å². The predicted molar refractivity (Wildman–Crippen MR) is 109 cm³/mol. The lowest BCUT2D eigenvalue weighted by Gasteiger charge is -2.41. The molecule has 1 saturated heterocycles. The van der Waals surface area contributed by atoms with E-state index in [1.165, 1.54) is 54.7 Å². The Morgan fingerprint density at radius 2 is 1.79 bits per heavy atom. The van der Waals surface area contributed by atoms with E-state index < -0.39 is 0 Å². The molecule has 1 N–H and O–H groups in total. The minimum Gasteiger partial charge on any atom is -0.351 e. The maximum absolute atomic E-state index is 13.0. The van der Waals surface area contributed by atoms with Crippen LogP contribution in [-0.2, 0) is 6.42 Å². The summed E-state index contributed by atoms with van der Waals surface area (Å²) in [6.45, 7) is 5.68. The Kier molecular flexibility index (Phi) is 6.03. The molecule has 0 unspecified atom stereocenters. The predicted octanol–water partition coefficient (Wildman–Crippen LogP) is 3.25. The lowest BCUT2D eigenvalue weighted by molar-refractivity contribution is 0.0847. The summed E-state index contributed by atoms with van der Waals surface area (Å²) in [5.41, 5.74) is 3.54. The zero-order chi connectivity index (χ0) is 19.3. The quantitative estimate of drug-likeness (QED) is 0.864. The summed E-state index contributed by atoms with van der Waals surface area (Å²) in [6, 6.07) is 15.1. The molecule has 1 aliphatic heterocycles. The van der Waals surface area contributed by atoms with Crippen LogP contribution in [0.4, 0.5) is 4.39 Å². The monoisotopic (exact) mass is 381 g/mol. The number of carbonyl (C=O) groups excluding carboxylic acids is 1. The van der Waals surface area contributed by atoms with E-state index in [2.05, 4.69) is 39.4 Å². The van der Waals surface area contributed by atoms with Gasteiger partial charge in [-0.2, -0.15) is 0 Å². The number of hydrogen-bond acceptors (Lipinski definition) is 3.